The van der Waals surface area contributed by atoms with Crippen LogP contribution in [0.25, 0.3) is 33.4 Å². The van der Waals surface area contributed by atoms with Crippen LogP contribution in [0.3, 0.4) is 0 Å². The van der Waals surface area contributed by atoms with Crippen molar-refractivity contribution in [2.45, 2.75) is 44.1 Å². The monoisotopic (exact) mass is 814 g/mol. The fraction of sp³-hybridized carbons (Fsp3) is 0.115. The van der Waals surface area contributed by atoms with Crippen molar-refractivity contribution in [2.24, 2.45) is 0 Å². The summed E-state index contributed by atoms with van der Waals surface area (Å²) in [5.41, 5.74) is 14.6. The van der Waals surface area contributed by atoms with Gasteiger partial charge in [-0.25, -0.2) is 0 Å². The van der Waals surface area contributed by atoms with E-state index in [4.69, 9.17) is 0 Å². The molecule has 308 valence electrons. The zero-order valence-electron chi connectivity index (χ0n) is 36.0. The van der Waals surface area contributed by atoms with E-state index in [-0.39, 0.29) is 6.04 Å². The van der Waals surface area contributed by atoms with E-state index >= 15 is 0 Å². The Hall–Kier alpha value is -7.42. The van der Waals surface area contributed by atoms with E-state index in [1.807, 2.05) is 19.1 Å². The highest BCUT2D eigenvalue weighted by atomic mass is 15.2. The van der Waals surface area contributed by atoms with Crippen LogP contribution in [0.4, 0.5) is 17.1 Å². The van der Waals surface area contributed by atoms with Gasteiger partial charge in [0.15, 0.2) is 0 Å². The molecule has 0 aliphatic heterocycles. The lowest BCUT2D eigenvalue weighted by Crippen LogP contribution is -2.33. The second-order valence-electron chi connectivity index (χ2n) is 16.3. The first-order valence-corrected chi connectivity index (χ1v) is 22.4. The van der Waals surface area contributed by atoms with Gasteiger partial charge in [-0.3, -0.25) is 0 Å². The van der Waals surface area contributed by atoms with Crippen LogP contribution in [-0.4, -0.2) is 6.04 Å². The van der Waals surface area contributed by atoms with Crippen molar-refractivity contribution in [3.63, 3.8) is 0 Å². The van der Waals surface area contributed by atoms with E-state index in [2.05, 4.69) is 253 Å². The molecule has 3 atom stereocenters. The van der Waals surface area contributed by atoms with Crippen molar-refractivity contribution < 1.29 is 0 Å². The lowest BCUT2D eigenvalue weighted by Gasteiger charge is -2.35. The topological polar surface area (TPSA) is 6.48 Å². The van der Waals surface area contributed by atoms with Crippen molar-refractivity contribution in [1.29, 1.82) is 0 Å². The van der Waals surface area contributed by atoms with Crippen molar-refractivity contribution in [3.05, 3.63) is 272 Å². The van der Waals surface area contributed by atoms with E-state index in [0.29, 0.717) is 11.8 Å². The van der Waals surface area contributed by atoms with Crippen LogP contribution in [0.5, 0.6) is 0 Å². The summed E-state index contributed by atoms with van der Waals surface area (Å²) in [7, 11) is 0. The Morgan fingerprint density at radius 1 is 0.429 bits per heavy atom. The molecule has 3 aliphatic rings. The van der Waals surface area contributed by atoms with E-state index < -0.39 is 0 Å². The summed E-state index contributed by atoms with van der Waals surface area (Å²) in [4.78, 5) is 4.75. The van der Waals surface area contributed by atoms with E-state index in [1.165, 1.54) is 55.9 Å². The lowest BCUT2D eigenvalue weighted by molar-refractivity contribution is 0.745. The number of hydrogen-bond acceptors (Lipinski definition) is 2. The summed E-state index contributed by atoms with van der Waals surface area (Å²) in [5, 5.41) is 0. The zero-order valence-corrected chi connectivity index (χ0v) is 36.0. The van der Waals surface area contributed by atoms with Crippen LogP contribution in [-0.2, 0) is 0 Å². The van der Waals surface area contributed by atoms with E-state index in [9.17, 15) is 0 Å². The highest BCUT2D eigenvalue weighted by Gasteiger charge is 2.22. The third-order valence-corrected chi connectivity index (χ3v) is 12.3. The molecule has 9 rings (SSSR count). The molecule has 0 amide bonds. The highest BCUT2D eigenvalue weighted by Crippen LogP contribution is 2.36. The molecule has 0 heterocycles. The second kappa shape index (κ2) is 20.0. The molecule has 0 saturated carbocycles. The first kappa shape index (κ1) is 41.0. The second-order valence-corrected chi connectivity index (χ2v) is 16.3. The van der Waals surface area contributed by atoms with Gasteiger partial charge >= 0.3 is 0 Å². The van der Waals surface area contributed by atoms with Crippen LogP contribution in [0.2, 0.25) is 0 Å². The summed E-state index contributed by atoms with van der Waals surface area (Å²) in [6.07, 6.45) is 40.3. The summed E-state index contributed by atoms with van der Waals surface area (Å²) in [6, 6.07) is 55.9. The van der Waals surface area contributed by atoms with Crippen LogP contribution in [0, 0.1) is 0 Å². The van der Waals surface area contributed by atoms with Crippen molar-refractivity contribution in [3.8, 4) is 33.4 Å². The number of nitrogens with zero attached hydrogens (tertiary/aromatic N) is 2. The summed E-state index contributed by atoms with van der Waals surface area (Å²) in [6.45, 7) is 2.03. The molecule has 3 aliphatic carbocycles. The minimum atomic E-state index is 0.277. The Balaban J connectivity index is 0.874. The van der Waals surface area contributed by atoms with E-state index in [0.717, 1.165) is 30.6 Å². The van der Waals surface area contributed by atoms with Crippen LogP contribution < -0.4 is 9.80 Å². The Morgan fingerprint density at radius 2 is 0.921 bits per heavy atom. The Kier molecular flexibility index (Phi) is 13.0. The Bertz CT molecular complexity index is 2720. The molecule has 2 nitrogen and oxygen atoms in total. The summed E-state index contributed by atoms with van der Waals surface area (Å²) < 4.78 is 0. The number of rotatable bonds is 13. The smallest absolute Gasteiger partial charge is 0.0559 e. The number of allylic oxidation sites excluding steroid dienone is 14. The summed E-state index contributed by atoms with van der Waals surface area (Å²) in [5.74, 6) is 0.847. The first-order valence-electron chi connectivity index (χ1n) is 22.4. The van der Waals surface area contributed by atoms with Gasteiger partial charge in [0, 0.05) is 40.8 Å². The maximum atomic E-state index is 2.49. The minimum Gasteiger partial charge on any atom is -0.335 e. The van der Waals surface area contributed by atoms with Crippen molar-refractivity contribution >= 4 is 17.1 Å². The lowest BCUT2D eigenvalue weighted by atomic mass is 9.91. The van der Waals surface area contributed by atoms with Gasteiger partial charge in [0.05, 0.1) is 6.04 Å². The summed E-state index contributed by atoms with van der Waals surface area (Å²) >= 11 is 0. The predicted molar refractivity (Wildman–Crippen MR) is 270 cm³/mol. The van der Waals surface area contributed by atoms with Gasteiger partial charge < -0.3 is 9.80 Å². The number of anilines is 3. The molecule has 3 unspecified atom stereocenters. The quantitative estimate of drug-likeness (QED) is 0.107. The third kappa shape index (κ3) is 9.88. The zero-order chi connectivity index (χ0) is 42.6. The Morgan fingerprint density at radius 3 is 1.43 bits per heavy atom. The molecule has 0 N–H and O–H groups in total. The van der Waals surface area contributed by atoms with Crippen molar-refractivity contribution in [2.75, 3.05) is 9.80 Å². The van der Waals surface area contributed by atoms with Gasteiger partial charge in [0.25, 0.3) is 0 Å². The maximum absolute atomic E-state index is 2.49. The first-order chi connectivity index (χ1) is 31.2. The molecule has 63 heavy (non-hydrogen) atoms. The van der Waals surface area contributed by atoms with Crippen molar-refractivity contribution in [1.82, 2.24) is 0 Å². The van der Waals surface area contributed by atoms with Crippen LogP contribution in [0.15, 0.2) is 261 Å². The molecule has 0 aromatic heterocycles. The molecule has 0 bridgehead atoms. The van der Waals surface area contributed by atoms with Gasteiger partial charge in [0.1, 0.15) is 0 Å². The molecule has 0 radical (unpaired) electrons. The molecule has 6 aromatic carbocycles. The number of benzene rings is 6. The SMILES string of the molecule is C/C=C/C=C\C=C\N(c1ccc(-c2ccc(-c3ccc(-c4ccc(N(C5=CCC(c6ccccc6)C=C5)C5C=CC=CC5)cc4)cc3)cc2)cc1)c1ccc(C2C=CC=CC2)cc1. The van der Waals surface area contributed by atoms with Gasteiger partial charge in [-0.15, -0.1) is 0 Å². The molecule has 0 spiro atoms. The molecule has 0 saturated heterocycles. The third-order valence-electron chi connectivity index (χ3n) is 12.3. The molecule has 2 heteroatoms. The predicted octanol–water partition coefficient (Wildman–Crippen LogP) is 16.4. The fourth-order valence-corrected chi connectivity index (χ4v) is 8.77. The van der Waals surface area contributed by atoms with Gasteiger partial charge in [0.2, 0.25) is 0 Å². The number of hydrogen-bond donors (Lipinski definition) is 0. The minimum absolute atomic E-state index is 0.277. The highest BCUT2D eigenvalue weighted by molar-refractivity contribution is 5.76. The molecular weight excluding hydrogens is 761 g/mol. The maximum Gasteiger partial charge on any atom is 0.0559 e. The molecule has 6 aromatic rings. The average Bonchev–Trinajstić information content (AvgIpc) is 3.37. The molecule has 0 fully saturated rings. The average molecular weight is 815 g/mol. The Labute approximate surface area is 374 Å². The fourth-order valence-electron chi connectivity index (χ4n) is 8.77. The van der Waals surface area contributed by atoms with Crippen LogP contribution in [0.1, 0.15) is 49.1 Å². The van der Waals surface area contributed by atoms with Gasteiger partial charge in [-0.05, 0) is 119 Å². The van der Waals surface area contributed by atoms with Crippen LogP contribution >= 0.6 is 0 Å². The largest absolute Gasteiger partial charge is 0.335 e. The normalized spacial score (nSPS) is 18.1. The standard InChI is InChI=1S/C61H54N2/c1-2-3-4-5-15-46-62(57-38-30-53(31-39-57)47-16-9-6-10-17-47)58-40-32-55(33-41-58)51-26-22-49(23-27-51)50-24-28-52(29-25-50)56-36-44-61(45-37-56)63(59-20-13-8-14-21-59)60-42-34-54(35-43-60)48-18-11-7-12-19-48/h2-16,18-20,22-34,36-47,54,59H,17,21,35H2,1H3/b3-2+,5-4-,46-15+. The van der Waals surface area contributed by atoms with E-state index in [1.54, 1.807) is 0 Å². The van der Waals surface area contributed by atoms with Gasteiger partial charge in [-0.2, -0.15) is 0 Å². The molecular formula is C61H54N2. The van der Waals surface area contributed by atoms with Gasteiger partial charge in [-0.1, -0.05) is 200 Å².